The summed E-state index contributed by atoms with van der Waals surface area (Å²) in [6, 6.07) is -0.0619. The minimum Gasteiger partial charge on any atom is -0.394 e. The second-order valence-electron chi connectivity index (χ2n) is 4.02. The molecule has 0 saturated carbocycles. The molecule has 15 heavy (non-hydrogen) atoms. The number of hydrogen-bond donors (Lipinski definition) is 2. The van der Waals surface area contributed by atoms with Gasteiger partial charge < -0.3 is 10.4 Å². The maximum absolute atomic E-state index is 11.4. The topological polar surface area (TPSA) is 49.3 Å². The average molecular weight is 215 g/mol. The predicted molar refractivity (Wildman–Crippen MR) is 62.7 cm³/mol. The van der Waals surface area contributed by atoms with Gasteiger partial charge in [0, 0.05) is 6.42 Å². The smallest absolute Gasteiger partial charge is 0.220 e. The summed E-state index contributed by atoms with van der Waals surface area (Å²) in [6.45, 7) is 4.18. The number of carbonyl (C=O) groups excluding carboxylic acids is 1. The number of hydrogen-bond acceptors (Lipinski definition) is 2. The SMILES string of the molecule is CCCCCCCC(=O)N[C@H](CC)CO. The minimum atomic E-state index is -0.0619. The van der Waals surface area contributed by atoms with Gasteiger partial charge in [0.15, 0.2) is 0 Å². The number of nitrogens with one attached hydrogen (secondary N) is 1. The van der Waals surface area contributed by atoms with Crippen molar-refractivity contribution in [1.82, 2.24) is 5.32 Å². The van der Waals surface area contributed by atoms with E-state index < -0.39 is 0 Å². The van der Waals surface area contributed by atoms with Crippen LogP contribution in [0.3, 0.4) is 0 Å². The van der Waals surface area contributed by atoms with E-state index in [4.69, 9.17) is 5.11 Å². The van der Waals surface area contributed by atoms with E-state index in [-0.39, 0.29) is 18.6 Å². The van der Waals surface area contributed by atoms with Crippen molar-refractivity contribution in [1.29, 1.82) is 0 Å². The molecule has 0 spiro atoms. The summed E-state index contributed by atoms with van der Waals surface area (Å²) in [5.41, 5.74) is 0. The van der Waals surface area contributed by atoms with Crippen LogP contribution in [-0.4, -0.2) is 23.7 Å². The van der Waals surface area contributed by atoms with Crippen molar-refractivity contribution >= 4 is 5.91 Å². The second-order valence-corrected chi connectivity index (χ2v) is 4.02. The molecule has 0 unspecified atom stereocenters. The van der Waals surface area contributed by atoms with Crippen LogP contribution in [0.4, 0.5) is 0 Å². The number of aliphatic hydroxyl groups is 1. The third kappa shape index (κ3) is 8.43. The molecule has 0 fully saturated rings. The highest BCUT2D eigenvalue weighted by atomic mass is 16.3. The van der Waals surface area contributed by atoms with Crippen molar-refractivity contribution in [3.8, 4) is 0 Å². The Morgan fingerprint density at radius 3 is 2.40 bits per heavy atom. The third-order valence-corrected chi connectivity index (χ3v) is 2.59. The molecule has 1 atom stereocenters. The van der Waals surface area contributed by atoms with Crippen LogP contribution in [0.25, 0.3) is 0 Å². The van der Waals surface area contributed by atoms with Crippen LogP contribution in [0.15, 0.2) is 0 Å². The number of unbranched alkanes of at least 4 members (excludes halogenated alkanes) is 4. The Morgan fingerprint density at radius 2 is 1.87 bits per heavy atom. The summed E-state index contributed by atoms with van der Waals surface area (Å²) in [6.07, 6.45) is 7.20. The molecule has 0 saturated heterocycles. The molecule has 0 aromatic heterocycles. The van der Waals surface area contributed by atoms with Gasteiger partial charge in [-0.25, -0.2) is 0 Å². The third-order valence-electron chi connectivity index (χ3n) is 2.59. The van der Waals surface area contributed by atoms with Gasteiger partial charge in [0.05, 0.1) is 12.6 Å². The Kier molecular flexibility index (Phi) is 9.59. The average Bonchev–Trinajstić information content (AvgIpc) is 2.25. The Hall–Kier alpha value is -0.570. The van der Waals surface area contributed by atoms with E-state index in [1.54, 1.807) is 0 Å². The van der Waals surface area contributed by atoms with Crippen molar-refractivity contribution in [2.45, 2.75) is 64.8 Å². The molecule has 0 radical (unpaired) electrons. The van der Waals surface area contributed by atoms with Gasteiger partial charge in [-0.1, -0.05) is 39.5 Å². The largest absolute Gasteiger partial charge is 0.394 e. The van der Waals surface area contributed by atoms with E-state index in [1.807, 2.05) is 6.92 Å². The van der Waals surface area contributed by atoms with Crippen LogP contribution in [0.2, 0.25) is 0 Å². The number of aliphatic hydroxyl groups excluding tert-OH is 1. The van der Waals surface area contributed by atoms with Gasteiger partial charge in [-0.3, -0.25) is 4.79 Å². The van der Waals surface area contributed by atoms with Gasteiger partial charge in [-0.05, 0) is 12.8 Å². The highest BCUT2D eigenvalue weighted by Gasteiger charge is 2.07. The highest BCUT2D eigenvalue weighted by Crippen LogP contribution is 2.05. The minimum absolute atomic E-state index is 0.0398. The maximum Gasteiger partial charge on any atom is 0.220 e. The number of amides is 1. The lowest BCUT2D eigenvalue weighted by molar-refractivity contribution is -0.122. The Labute approximate surface area is 93.3 Å². The summed E-state index contributed by atoms with van der Waals surface area (Å²) in [5.74, 6) is 0.0763. The molecule has 90 valence electrons. The first-order valence-electron chi connectivity index (χ1n) is 6.14. The molecular formula is C12H25NO2. The van der Waals surface area contributed by atoms with Gasteiger partial charge >= 0.3 is 0 Å². The second kappa shape index (κ2) is 9.97. The summed E-state index contributed by atoms with van der Waals surface area (Å²) in [4.78, 5) is 11.4. The van der Waals surface area contributed by atoms with Crippen molar-refractivity contribution < 1.29 is 9.90 Å². The molecule has 0 aliphatic heterocycles. The van der Waals surface area contributed by atoms with Crippen molar-refractivity contribution in [3.05, 3.63) is 0 Å². The van der Waals surface area contributed by atoms with E-state index in [0.717, 1.165) is 19.3 Å². The zero-order valence-electron chi connectivity index (χ0n) is 10.1. The Morgan fingerprint density at radius 1 is 1.20 bits per heavy atom. The lowest BCUT2D eigenvalue weighted by Crippen LogP contribution is -2.36. The van der Waals surface area contributed by atoms with Gasteiger partial charge in [0.1, 0.15) is 0 Å². The normalized spacial score (nSPS) is 12.5. The van der Waals surface area contributed by atoms with E-state index in [1.165, 1.54) is 19.3 Å². The molecule has 2 N–H and O–H groups in total. The van der Waals surface area contributed by atoms with E-state index in [0.29, 0.717) is 6.42 Å². The van der Waals surface area contributed by atoms with Crippen LogP contribution in [-0.2, 0) is 4.79 Å². The monoisotopic (exact) mass is 215 g/mol. The molecule has 0 aromatic carbocycles. The van der Waals surface area contributed by atoms with Gasteiger partial charge in [-0.15, -0.1) is 0 Å². The number of carbonyl (C=O) groups is 1. The summed E-state index contributed by atoms with van der Waals surface area (Å²) < 4.78 is 0. The highest BCUT2D eigenvalue weighted by molar-refractivity contribution is 5.76. The van der Waals surface area contributed by atoms with Crippen LogP contribution in [0, 0.1) is 0 Å². The van der Waals surface area contributed by atoms with E-state index in [9.17, 15) is 4.79 Å². The molecule has 0 aromatic rings. The zero-order chi connectivity index (χ0) is 11.5. The van der Waals surface area contributed by atoms with Gasteiger partial charge in [-0.2, -0.15) is 0 Å². The first-order chi connectivity index (χ1) is 7.24. The lowest BCUT2D eigenvalue weighted by Gasteiger charge is -2.13. The lowest BCUT2D eigenvalue weighted by atomic mass is 10.1. The molecule has 0 heterocycles. The number of rotatable bonds is 9. The molecule has 0 bridgehead atoms. The fourth-order valence-corrected chi connectivity index (χ4v) is 1.47. The molecular weight excluding hydrogens is 190 g/mol. The van der Waals surface area contributed by atoms with E-state index >= 15 is 0 Å². The van der Waals surface area contributed by atoms with Crippen molar-refractivity contribution in [2.24, 2.45) is 0 Å². The first kappa shape index (κ1) is 14.4. The predicted octanol–water partition coefficient (Wildman–Crippen LogP) is 2.23. The zero-order valence-corrected chi connectivity index (χ0v) is 10.1. The summed E-state index contributed by atoms with van der Waals surface area (Å²) in [5, 5.41) is 11.7. The van der Waals surface area contributed by atoms with Crippen LogP contribution >= 0.6 is 0 Å². The van der Waals surface area contributed by atoms with Crippen molar-refractivity contribution in [2.75, 3.05) is 6.61 Å². The fraction of sp³-hybridized carbons (Fsp3) is 0.917. The van der Waals surface area contributed by atoms with Crippen LogP contribution in [0.1, 0.15) is 58.8 Å². The van der Waals surface area contributed by atoms with E-state index in [2.05, 4.69) is 12.2 Å². The molecule has 1 amide bonds. The molecule has 0 aliphatic rings. The summed E-state index contributed by atoms with van der Waals surface area (Å²) in [7, 11) is 0. The van der Waals surface area contributed by atoms with Gasteiger partial charge in [0.25, 0.3) is 0 Å². The molecule has 0 aliphatic carbocycles. The molecule has 3 heteroatoms. The van der Waals surface area contributed by atoms with Crippen LogP contribution in [0.5, 0.6) is 0 Å². The summed E-state index contributed by atoms with van der Waals surface area (Å²) >= 11 is 0. The Balaban J connectivity index is 3.40. The first-order valence-corrected chi connectivity index (χ1v) is 6.14. The standard InChI is InChI=1S/C12H25NO2/c1-3-5-6-7-8-9-12(15)13-11(4-2)10-14/h11,14H,3-10H2,1-2H3,(H,13,15)/t11-/m1/s1. The molecule has 0 rings (SSSR count). The van der Waals surface area contributed by atoms with Crippen molar-refractivity contribution in [3.63, 3.8) is 0 Å². The van der Waals surface area contributed by atoms with Crippen LogP contribution < -0.4 is 5.32 Å². The Bertz CT molecular complexity index is 156. The molecule has 3 nitrogen and oxygen atoms in total. The fourth-order valence-electron chi connectivity index (χ4n) is 1.47. The maximum atomic E-state index is 11.4. The quantitative estimate of drug-likeness (QED) is 0.579. The van der Waals surface area contributed by atoms with Gasteiger partial charge in [0.2, 0.25) is 5.91 Å².